The van der Waals surface area contributed by atoms with E-state index in [2.05, 4.69) is 10.6 Å². The van der Waals surface area contributed by atoms with Crippen molar-refractivity contribution in [1.82, 2.24) is 10.6 Å². The lowest BCUT2D eigenvalue weighted by molar-refractivity contribution is -0.126. The number of aryl methyl sites for hydroxylation is 1. The van der Waals surface area contributed by atoms with Crippen molar-refractivity contribution < 1.29 is 18.8 Å². The van der Waals surface area contributed by atoms with Crippen LogP contribution in [0.4, 0.5) is 10.1 Å². The van der Waals surface area contributed by atoms with Crippen molar-refractivity contribution in [2.45, 2.75) is 44.7 Å². The van der Waals surface area contributed by atoms with Crippen LogP contribution in [0.2, 0.25) is 0 Å². The van der Waals surface area contributed by atoms with E-state index in [0.29, 0.717) is 10.4 Å². The lowest BCUT2D eigenvalue weighted by Crippen LogP contribution is -2.49. The third kappa shape index (κ3) is 5.77. The minimum atomic E-state index is -1.10. The van der Waals surface area contributed by atoms with E-state index in [0.717, 1.165) is 31.2 Å². The average Bonchev–Trinajstić information content (AvgIpc) is 3.57. The normalized spacial score (nSPS) is 14.3. The molecular formula is C27H28FN3O3S. The molecule has 1 atom stereocenters. The second kappa shape index (κ2) is 11.3. The highest BCUT2D eigenvalue weighted by molar-refractivity contribution is 7.12. The lowest BCUT2D eigenvalue weighted by Gasteiger charge is -2.33. The number of rotatable bonds is 8. The standard InChI is InChI=1S/C27H28FN3O3S/c1-18-9-2-5-12-20(18)25(27(34)30-19-10-3-4-11-19)31(22-14-7-6-13-21(22)28)24(32)17-29-26(33)23-15-8-16-35-23/h2,5-9,12-16,19,25H,3-4,10-11,17H2,1H3,(H,29,33)(H,30,34)/t25-/m0/s1. The van der Waals surface area contributed by atoms with Crippen LogP contribution in [0.5, 0.6) is 0 Å². The van der Waals surface area contributed by atoms with E-state index in [9.17, 15) is 14.4 Å². The highest BCUT2D eigenvalue weighted by atomic mass is 32.1. The van der Waals surface area contributed by atoms with Crippen LogP contribution in [0.3, 0.4) is 0 Å². The summed E-state index contributed by atoms with van der Waals surface area (Å²) in [6.45, 7) is 1.47. The van der Waals surface area contributed by atoms with Crippen LogP contribution in [0, 0.1) is 12.7 Å². The van der Waals surface area contributed by atoms with Crippen LogP contribution in [-0.4, -0.2) is 30.3 Å². The first kappa shape index (κ1) is 24.6. The molecule has 1 heterocycles. The van der Waals surface area contributed by atoms with Gasteiger partial charge in [0.15, 0.2) is 0 Å². The summed E-state index contributed by atoms with van der Waals surface area (Å²) in [4.78, 5) is 41.4. The Morgan fingerprint density at radius 1 is 1.03 bits per heavy atom. The summed E-state index contributed by atoms with van der Waals surface area (Å²) in [6.07, 6.45) is 3.81. The third-order valence-corrected chi connectivity index (χ3v) is 7.09. The number of amides is 3. The van der Waals surface area contributed by atoms with Gasteiger partial charge in [0, 0.05) is 6.04 Å². The molecule has 6 nitrogen and oxygen atoms in total. The first-order valence-electron chi connectivity index (χ1n) is 11.7. The SMILES string of the molecule is Cc1ccccc1[C@@H](C(=O)NC1CCCC1)N(C(=O)CNC(=O)c1cccs1)c1ccccc1F. The Hall–Kier alpha value is -3.52. The summed E-state index contributed by atoms with van der Waals surface area (Å²) in [5.41, 5.74) is 1.39. The van der Waals surface area contributed by atoms with E-state index in [1.54, 1.807) is 35.7 Å². The molecular weight excluding hydrogens is 465 g/mol. The lowest BCUT2D eigenvalue weighted by atomic mass is 9.97. The largest absolute Gasteiger partial charge is 0.351 e. The molecule has 0 unspecified atom stereocenters. The molecule has 3 amide bonds. The molecule has 1 fully saturated rings. The third-order valence-electron chi connectivity index (χ3n) is 6.22. The topological polar surface area (TPSA) is 78.5 Å². The fourth-order valence-corrected chi connectivity index (χ4v) is 5.08. The maximum absolute atomic E-state index is 15.1. The zero-order chi connectivity index (χ0) is 24.8. The summed E-state index contributed by atoms with van der Waals surface area (Å²) in [6, 6.07) is 15.5. The van der Waals surface area contributed by atoms with Gasteiger partial charge in [-0.15, -0.1) is 11.3 Å². The minimum Gasteiger partial charge on any atom is -0.351 e. The molecule has 0 bridgehead atoms. The number of hydrogen-bond donors (Lipinski definition) is 2. The zero-order valence-corrected chi connectivity index (χ0v) is 20.3. The molecule has 1 aromatic heterocycles. The minimum absolute atomic E-state index is 0.0160. The number of thiophene rings is 1. The summed E-state index contributed by atoms with van der Waals surface area (Å²) in [7, 11) is 0. The highest BCUT2D eigenvalue weighted by Crippen LogP contribution is 2.32. The van der Waals surface area contributed by atoms with Gasteiger partial charge in [-0.2, -0.15) is 0 Å². The van der Waals surface area contributed by atoms with Crippen LogP contribution in [0.25, 0.3) is 0 Å². The second-order valence-electron chi connectivity index (χ2n) is 8.62. The summed E-state index contributed by atoms with van der Waals surface area (Å²) >= 11 is 1.26. The Morgan fingerprint density at radius 3 is 2.43 bits per heavy atom. The van der Waals surface area contributed by atoms with E-state index < -0.39 is 23.7 Å². The smallest absolute Gasteiger partial charge is 0.261 e. The predicted molar refractivity (Wildman–Crippen MR) is 135 cm³/mol. The van der Waals surface area contributed by atoms with E-state index in [-0.39, 0.29) is 24.2 Å². The van der Waals surface area contributed by atoms with Crippen molar-refractivity contribution in [2.75, 3.05) is 11.4 Å². The van der Waals surface area contributed by atoms with Gasteiger partial charge < -0.3 is 10.6 Å². The van der Waals surface area contributed by atoms with Gasteiger partial charge in [-0.05, 0) is 54.5 Å². The molecule has 0 spiro atoms. The van der Waals surface area contributed by atoms with Gasteiger partial charge in [-0.3, -0.25) is 19.3 Å². The molecule has 1 aliphatic rings. The monoisotopic (exact) mass is 493 g/mol. The van der Waals surface area contributed by atoms with E-state index in [4.69, 9.17) is 0 Å². The number of benzene rings is 2. The van der Waals surface area contributed by atoms with E-state index in [1.165, 1.54) is 34.4 Å². The summed E-state index contributed by atoms with van der Waals surface area (Å²) < 4.78 is 15.1. The predicted octanol–water partition coefficient (Wildman–Crippen LogP) is 4.76. The number of anilines is 1. The van der Waals surface area contributed by atoms with E-state index >= 15 is 4.39 Å². The van der Waals surface area contributed by atoms with Crippen LogP contribution < -0.4 is 15.5 Å². The first-order valence-corrected chi connectivity index (χ1v) is 12.6. The maximum atomic E-state index is 15.1. The molecule has 0 radical (unpaired) electrons. The molecule has 8 heteroatoms. The molecule has 0 saturated heterocycles. The molecule has 4 rings (SSSR count). The van der Waals surface area contributed by atoms with Gasteiger partial charge in [0.05, 0.1) is 17.1 Å². The molecule has 35 heavy (non-hydrogen) atoms. The highest BCUT2D eigenvalue weighted by Gasteiger charge is 2.36. The number of carbonyl (C=O) groups excluding carboxylic acids is 3. The van der Waals surface area contributed by atoms with Crippen LogP contribution in [-0.2, 0) is 9.59 Å². The number of halogens is 1. The summed E-state index contributed by atoms with van der Waals surface area (Å²) in [5.74, 6) is -1.98. The van der Waals surface area contributed by atoms with Gasteiger partial charge in [0.2, 0.25) is 11.8 Å². The second-order valence-corrected chi connectivity index (χ2v) is 9.57. The van der Waals surface area contributed by atoms with Gasteiger partial charge in [-0.25, -0.2) is 4.39 Å². The first-order chi connectivity index (χ1) is 17.0. The molecule has 0 aliphatic heterocycles. The number of hydrogen-bond acceptors (Lipinski definition) is 4. The van der Waals surface area contributed by atoms with Crippen molar-refractivity contribution in [3.63, 3.8) is 0 Å². The van der Waals surface area contributed by atoms with Gasteiger partial charge >= 0.3 is 0 Å². The molecule has 1 aliphatic carbocycles. The van der Waals surface area contributed by atoms with Gasteiger partial charge in [-0.1, -0.05) is 55.3 Å². The Morgan fingerprint density at radius 2 is 1.74 bits per heavy atom. The zero-order valence-electron chi connectivity index (χ0n) is 19.5. The number of carbonyl (C=O) groups is 3. The van der Waals surface area contributed by atoms with Crippen molar-refractivity contribution >= 4 is 34.7 Å². The molecule has 3 aromatic rings. The summed E-state index contributed by atoms with van der Waals surface area (Å²) in [5, 5.41) is 7.46. The van der Waals surface area contributed by atoms with Gasteiger partial charge in [0.1, 0.15) is 11.9 Å². The molecule has 182 valence electrons. The fourth-order valence-electron chi connectivity index (χ4n) is 4.44. The van der Waals surface area contributed by atoms with E-state index in [1.807, 2.05) is 19.1 Å². The molecule has 2 N–H and O–H groups in total. The molecule has 1 saturated carbocycles. The van der Waals surface area contributed by atoms with Crippen molar-refractivity contribution in [2.24, 2.45) is 0 Å². The van der Waals surface area contributed by atoms with Crippen molar-refractivity contribution in [3.8, 4) is 0 Å². The quantitative estimate of drug-likeness (QED) is 0.475. The number of para-hydroxylation sites is 1. The Kier molecular flexibility index (Phi) is 7.92. The Labute approximate surface area is 208 Å². The van der Waals surface area contributed by atoms with Crippen LogP contribution in [0.15, 0.2) is 66.0 Å². The molecule has 2 aromatic carbocycles. The van der Waals surface area contributed by atoms with Gasteiger partial charge in [0.25, 0.3) is 5.91 Å². The van der Waals surface area contributed by atoms with Crippen LogP contribution >= 0.6 is 11.3 Å². The van der Waals surface area contributed by atoms with Crippen molar-refractivity contribution in [1.29, 1.82) is 0 Å². The fraction of sp³-hybridized carbons (Fsp3) is 0.296. The number of nitrogens with zero attached hydrogens (tertiary/aromatic N) is 1. The number of nitrogens with one attached hydrogen (secondary N) is 2. The Balaban J connectivity index is 1.71. The Bertz CT molecular complexity index is 1190. The van der Waals surface area contributed by atoms with Crippen molar-refractivity contribution in [3.05, 3.63) is 87.9 Å². The van der Waals surface area contributed by atoms with Crippen LogP contribution in [0.1, 0.15) is 52.5 Å². The maximum Gasteiger partial charge on any atom is 0.261 e. The average molecular weight is 494 g/mol.